The van der Waals surface area contributed by atoms with Gasteiger partial charge in [0.2, 0.25) is 0 Å². The third kappa shape index (κ3) is 2.93. The molecule has 1 aromatic heterocycles. The zero-order valence-electron chi connectivity index (χ0n) is 12.2. The molecule has 0 fully saturated rings. The fourth-order valence-corrected chi connectivity index (χ4v) is 2.35. The number of Topliss-reactive ketones (excluding diaryl/α,β-unsaturated/α-hetero) is 1. The van der Waals surface area contributed by atoms with Gasteiger partial charge in [-0.1, -0.05) is 18.2 Å². The van der Waals surface area contributed by atoms with Crippen molar-refractivity contribution in [3.63, 3.8) is 0 Å². The van der Waals surface area contributed by atoms with Crippen LogP contribution in [0.3, 0.4) is 0 Å². The average Bonchev–Trinajstić information content (AvgIpc) is 2.98. The highest BCUT2D eigenvalue weighted by molar-refractivity contribution is 6.32. The van der Waals surface area contributed by atoms with Crippen molar-refractivity contribution in [2.75, 3.05) is 5.88 Å². The lowest BCUT2D eigenvalue weighted by atomic mass is 10.1. The number of ether oxygens (including phenoxy) is 1. The summed E-state index contributed by atoms with van der Waals surface area (Å²) in [5, 5.41) is 8.71. The molecule has 0 spiro atoms. The maximum Gasteiger partial charge on any atom is 0.308 e. The molecule has 1 heterocycles. The maximum atomic E-state index is 12.2. The molecule has 0 aliphatic rings. The number of carbonyl (C=O) groups excluding carboxylic acids is 2. The Morgan fingerprint density at radius 3 is 2.52 bits per heavy atom. The van der Waals surface area contributed by atoms with Gasteiger partial charge in [0.15, 0.2) is 5.78 Å². The molecule has 0 aliphatic carbocycles. The monoisotopic (exact) mass is 329 g/mol. The number of aromatic nitrogens is 3. The minimum Gasteiger partial charge on any atom is -0.426 e. The second-order valence-electron chi connectivity index (χ2n) is 4.78. The van der Waals surface area contributed by atoms with E-state index in [1.165, 1.54) is 17.8 Å². The number of carbonyl (C=O) groups is 2. The predicted octanol–water partition coefficient (Wildman–Crippen LogP) is 2.77. The van der Waals surface area contributed by atoms with E-state index in [1.54, 1.807) is 6.07 Å². The van der Waals surface area contributed by atoms with E-state index in [0.29, 0.717) is 11.0 Å². The molecule has 0 N–H and O–H groups in total. The van der Waals surface area contributed by atoms with Gasteiger partial charge >= 0.3 is 5.97 Å². The first-order chi connectivity index (χ1) is 11.1. The Morgan fingerprint density at radius 1 is 1.13 bits per heavy atom. The van der Waals surface area contributed by atoms with Gasteiger partial charge in [0, 0.05) is 6.92 Å². The quantitative estimate of drug-likeness (QED) is 0.318. The first-order valence-electron chi connectivity index (χ1n) is 6.83. The maximum absolute atomic E-state index is 12.2. The van der Waals surface area contributed by atoms with Crippen LogP contribution < -0.4 is 4.74 Å². The molecule has 0 unspecified atom stereocenters. The number of esters is 1. The second-order valence-corrected chi connectivity index (χ2v) is 5.05. The van der Waals surface area contributed by atoms with E-state index in [9.17, 15) is 9.59 Å². The van der Waals surface area contributed by atoms with E-state index in [2.05, 4.69) is 10.2 Å². The molecule has 6 nitrogen and oxygen atoms in total. The lowest BCUT2D eigenvalue weighted by Gasteiger charge is -2.06. The topological polar surface area (TPSA) is 74.1 Å². The summed E-state index contributed by atoms with van der Waals surface area (Å²) < 4.78 is 5.10. The molecule has 0 saturated heterocycles. The van der Waals surface area contributed by atoms with Crippen LogP contribution in [0, 0.1) is 0 Å². The molecule has 0 radical (unpaired) electrons. The van der Waals surface area contributed by atoms with E-state index in [1.807, 2.05) is 30.3 Å². The van der Waals surface area contributed by atoms with E-state index in [-0.39, 0.29) is 23.0 Å². The van der Waals surface area contributed by atoms with Crippen molar-refractivity contribution in [2.45, 2.75) is 6.92 Å². The van der Waals surface area contributed by atoms with E-state index in [0.717, 1.165) is 5.69 Å². The SMILES string of the molecule is CC(=O)Oc1ccc2nn(-c3ccccc3)nc2c1C(=O)CCl. The number of halogens is 1. The lowest BCUT2D eigenvalue weighted by Crippen LogP contribution is -2.09. The Hall–Kier alpha value is -2.73. The predicted molar refractivity (Wildman–Crippen MR) is 85.2 cm³/mol. The highest BCUT2D eigenvalue weighted by Crippen LogP contribution is 2.27. The third-order valence-corrected chi connectivity index (χ3v) is 3.40. The molecule has 0 atom stereocenters. The van der Waals surface area contributed by atoms with Gasteiger partial charge in [-0.05, 0) is 24.3 Å². The lowest BCUT2D eigenvalue weighted by molar-refractivity contribution is -0.131. The Morgan fingerprint density at radius 2 is 1.87 bits per heavy atom. The van der Waals surface area contributed by atoms with Crippen LogP contribution in [0.2, 0.25) is 0 Å². The molecule has 23 heavy (non-hydrogen) atoms. The van der Waals surface area contributed by atoms with Crippen molar-refractivity contribution in [2.24, 2.45) is 0 Å². The molecule has 7 heteroatoms. The van der Waals surface area contributed by atoms with Crippen molar-refractivity contribution < 1.29 is 14.3 Å². The first-order valence-corrected chi connectivity index (χ1v) is 7.36. The number of rotatable bonds is 4. The van der Waals surface area contributed by atoms with Crippen LogP contribution in [0.25, 0.3) is 16.7 Å². The summed E-state index contributed by atoms with van der Waals surface area (Å²) in [6, 6.07) is 12.5. The molecular weight excluding hydrogens is 318 g/mol. The van der Waals surface area contributed by atoms with Gasteiger partial charge in [0.25, 0.3) is 0 Å². The summed E-state index contributed by atoms with van der Waals surface area (Å²) in [5.41, 5.74) is 1.77. The molecule has 116 valence electrons. The Balaban J connectivity index is 2.21. The zero-order valence-corrected chi connectivity index (χ0v) is 12.9. The van der Waals surface area contributed by atoms with Gasteiger partial charge in [-0.25, -0.2) is 0 Å². The molecule has 0 saturated carbocycles. The molecule has 2 aromatic carbocycles. The normalized spacial score (nSPS) is 10.7. The summed E-state index contributed by atoms with van der Waals surface area (Å²) in [4.78, 5) is 24.8. The number of hydrogen-bond donors (Lipinski definition) is 0. The largest absolute Gasteiger partial charge is 0.426 e. The van der Waals surface area contributed by atoms with Gasteiger partial charge in [0.05, 0.1) is 17.1 Å². The van der Waals surface area contributed by atoms with E-state index >= 15 is 0 Å². The fourth-order valence-electron chi connectivity index (χ4n) is 2.22. The van der Waals surface area contributed by atoms with Crippen molar-refractivity contribution in [3.05, 3.63) is 48.0 Å². The van der Waals surface area contributed by atoms with E-state index in [4.69, 9.17) is 16.3 Å². The van der Waals surface area contributed by atoms with Crippen molar-refractivity contribution in [3.8, 4) is 11.4 Å². The summed E-state index contributed by atoms with van der Waals surface area (Å²) in [7, 11) is 0. The summed E-state index contributed by atoms with van der Waals surface area (Å²) in [5.74, 6) is -1.02. The summed E-state index contributed by atoms with van der Waals surface area (Å²) in [6.45, 7) is 1.26. The number of hydrogen-bond acceptors (Lipinski definition) is 5. The molecule has 3 rings (SSSR count). The van der Waals surface area contributed by atoms with Crippen LogP contribution in [0.5, 0.6) is 5.75 Å². The minimum absolute atomic E-state index is 0.135. The summed E-state index contributed by atoms with van der Waals surface area (Å²) >= 11 is 5.67. The highest BCUT2D eigenvalue weighted by atomic mass is 35.5. The zero-order chi connectivity index (χ0) is 16.4. The standard InChI is InChI=1S/C16H12ClN3O3/c1-10(21)23-14-8-7-12-16(15(14)13(22)9-17)19-20(18-12)11-5-3-2-4-6-11/h2-8H,9H2,1H3. The minimum atomic E-state index is -0.525. The molecule has 0 bridgehead atoms. The fraction of sp³-hybridized carbons (Fsp3) is 0.125. The molecule has 3 aromatic rings. The smallest absolute Gasteiger partial charge is 0.308 e. The van der Waals surface area contributed by atoms with Crippen LogP contribution in [0.1, 0.15) is 17.3 Å². The van der Waals surface area contributed by atoms with Crippen molar-refractivity contribution in [1.82, 2.24) is 15.0 Å². The Bertz CT molecular complexity index is 890. The third-order valence-electron chi connectivity index (χ3n) is 3.16. The number of benzene rings is 2. The highest BCUT2D eigenvalue weighted by Gasteiger charge is 2.21. The van der Waals surface area contributed by atoms with Crippen LogP contribution in [-0.4, -0.2) is 32.6 Å². The number of fused-ring (bicyclic) bond motifs is 1. The summed E-state index contributed by atoms with van der Waals surface area (Å²) in [6.07, 6.45) is 0. The van der Waals surface area contributed by atoms with Crippen LogP contribution in [0.4, 0.5) is 0 Å². The van der Waals surface area contributed by atoms with Gasteiger partial charge < -0.3 is 4.74 Å². The molecular formula is C16H12ClN3O3. The number of alkyl halides is 1. The van der Waals surface area contributed by atoms with Gasteiger partial charge in [-0.3, -0.25) is 9.59 Å². The van der Waals surface area contributed by atoms with Gasteiger partial charge in [-0.15, -0.1) is 21.8 Å². The van der Waals surface area contributed by atoms with Crippen molar-refractivity contribution in [1.29, 1.82) is 0 Å². The average molecular weight is 330 g/mol. The van der Waals surface area contributed by atoms with Crippen LogP contribution >= 0.6 is 11.6 Å². The Kier molecular flexibility index (Phi) is 4.08. The van der Waals surface area contributed by atoms with Gasteiger partial charge in [-0.2, -0.15) is 4.80 Å². The first kappa shape index (κ1) is 15.2. The van der Waals surface area contributed by atoms with Crippen LogP contribution in [-0.2, 0) is 4.79 Å². The molecule has 0 aliphatic heterocycles. The van der Waals surface area contributed by atoms with Crippen molar-refractivity contribution >= 4 is 34.4 Å². The number of nitrogens with zero attached hydrogens (tertiary/aromatic N) is 3. The Labute approximate surface area is 136 Å². The van der Waals surface area contributed by atoms with E-state index < -0.39 is 5.97 Å². The van der Waals surface area contributed by atoms with Crippen LogP contribution in [0.15, 0.2) is 42.5 Å². The number of ketones is 1. The molecule has 0 amide bonds. The number of para-hydroxylation sites is 1. The second kappa shape index (κ2) is 6.18. The van der Waals surface area contributed by atoms with Gasteiger partial charge in [0.1, 0.15) is 16.8 Å².